The Morgan fingerprint density at radius 1 is 1.42 bits per heavy atom. The fraction of sp³-hybridized carbons (Fsp3) is 0.308. The molecule has 2 aromatic rings. The number of rotatable bonds is 4. The van der Waals surface area contributed by atoms with Gasteiger partial charge in [-0.15, -0.1) is 0 Å². The van der Waals surface area contributed by atoms with E-state index in [-0.39, 0.29) is 10.6 Å². The first-order chi connectivity index (χ1) is 8.99. The zero-order valence-corrected chi connectivity index (χ0v) is 11.2. The van der Waals surface area contributed by atoms with E-state index in [1.165, 1.54) is 6.07 Å². The maximum Gasteiger partial charge on any atom is 0.274 e. The van der Waals surface area contributed by atoms with Crippen molar-refractivity contribution in [1.82, 2.24) is 9.78 Å². The summed E-state index contributed by atoms with van der Waals surface area (Å²) < 4.78 is 1.76. The lowest BCUT2D eigenvalue weighted by Gasteiger charge is -2.09. The third-order valence-electron chi connectivity index (χ3n) is 3.09. The summed E-state index contributed by atoms with van der Waals surface area (Å²) in [7, 11) is 1.87. The molecule has 1 N–H and O–H groups in total. The van der Waals surface area contributed by atoms with Crippen molar-refractivity contribution in [2.45, 2.75) is 20.4 Å². The summed E-state index contributed by atoms with van der Waals surface area (Å²) in [4.78, 5) is 10.5. The second-order valence-corrected chi connectivity index (χ2v) is 4.47. The summed E-state index contributed by atoms with van der Waals surface area (Å²) in [6, 6.07) is 5.04. The van der Waals surface area contributed by atoms with Crippen molar-refractivity contribution in [3.63, 3.8) is 0 Å². The second-order valence-electron chi connectivity index (χ2n) is 4.47. The van der Waals surface area contributed by atoms with E-state index in [1.807, 2.05) is 26.2 Å². The maximum atomic E-state index is 10.9. The smallest absolute Gasteiger partial charge is 0.274 e. The molecule has 1 aromatic carbocycles. The minimum atomic E-state index is -0.365. The standard InChI is InChI=1S/C13H16N4O2/c1-9-12(5-4-6-13(9)17(18)19)14-7-11-8-16(3)15-10(11)2/h4-6,8,14H,7H2,1-3H3. The second kappa shape index (κ2) is 5.09. The van der Waals surface area contributed by atoms with Gasteiger partial charge in [0.15, 0.2) is 0 Å². The predicted molar refractivity (Wildman–Crippen MR) is 73.1 cm³/mol. The molecule has 1 aromatic heterocycles. The molecule has 0 saturated heterocycles. The predicted octanol–water partition coefficient (Wildman–Crippen LogP) is 2.56. The highest BCUT2D eigenvalue weighted by atomic mass is 16.6. The van der Waals surface area contributed by atoms with Crippen molar-refractivity contribution in [3.05, 3.63) is 51.3 Å². The third-order valence-corrected chi connectivity index (χ3v) is 3.09. The normalized spacial score (nSPS) is 10.5. The van der Waals surface area contributed by atoms with Crippen LogP contribution in [0.2, 0.25) is 0 Å². The van der Waals surface area contributed by atoms with Crippen molar-refractivity contribution in [2.75, 3.05) is 5.32 Å². The van der Waals surface area contributed by atoms with Crippen LogP contribution in [0.4, 0.5) is 11.4 Å². The molecule has 0 fully saturated rings. The van der Waals surface area contributed by atoms with Crippen LogP contribution in [0, 0.1) is 24.0 Å². The molecule has 0 saturated carbocycles. The molecule has 0 radical (unpaired) electrons. The average molecular weight is 260 g/mol. The molecule has 0 aliphatic carbocycles. The molecule has 0 bridgehead atoms. The van der Waals surface area contributed by atoms with Crippen LogP contribution in [0.5, 0.6) is 0 Å². The topological polar surface area (TPSA) is 73.0 Å². The van der Waals surface area contributed by atoms with E-state index in [1.54, 1.807) is 17.7 Å². The van der Waals surface area contributed by atoms with Crippen molar-refractivity contribution in [2.24, 2.45) is 7.05 Å². The Bertz CT molecular complexity index is 619. The van der Waals surface area contributed by atoms with Gasteiger partial charge in [-0.25, -0.2) is 0 Å². The van der Waals surface area contributed by atoms with Gasteiger partial charge >= 0.3 is 0 Å². The molecule has 19 heavy (non-hydrogen) atoms. The summed E-state index contributed by atoms with van der Waals surface area (Å²) in [5.41, 5.74) is 3.59. The fourth-order valence-electron chi connectivity index (χ4n) is 2.03. The van der Waals surface area contributed by atoms with Gasteiger partial charge in [0, 0.05) is 42.7 Å². The molecular weight excluding hydrogens is 244 g/mol. The number of nitrogens with zero attached hydrogens (tertiary/aromatic N) is 3. The Hall–Kier alpha value is -2.37. The fourth-order valence-corrected chi connectivity index (χ4v) is 2.03. The van der Waals surface area contributed by atoms with Crippen LogP contribution in [0.1, 0.15) is 16.8 Å². The SMILES string of the molecule is Cc1nn(C)cc1CNc1cccc([N+](=O)[O-])c1C. The van der Waals surface area contributed by atoms with Gasteiger partial charge in [0.25, 0.3) is 5.69 Å². The van der Waals surface area contributed by atoms with Crippen LogP contribution in [0.25, 0.3) is 0 Å². The summed E-state index contributed by atoms with van der Waals surface area (Å²) in [5, 5.41) is 18.4. The van der Waals surface area contributed by atoms with Crippen LogP contribution in [-0.2, 0) is 13.6 Å². The number of hydrogen-bond donors (Lipinski definition) is 1. The molecule has 0 aliphatic rings. The number of hydrogen-bond acceptors (Lipinski definition) is 4. The molecule has 2 rings (SSSR count). The van der Waals surface area contributed by atoms with Gasteiger partial charge in [-0.1, -0.05) is 6.07 Å². The highest BCUT2D eigenvalue weighted by Crippen LogP contribution is 2.25. The van der Waals surface area contributed by atoms with Crippen molar-refractivity contribution >= 4 is 11.4 Å². The van der Waals surface area contributed by atoms with Gasteiger partial charge in [-0.3, -0.25) is 14.8 Å². The van der Waals surface area contributed by atoms with E-state index in [0.717, 1.165) is 16.9 Å². The molecule has 0 aliphatic heterocycles. The molecule has 100 valence electrons. The number of nitro benzene ring substituents is 1. The van der Waals surface area contributed by atoms with E-state index >= 15 is 0 Å². The van der Waals surface area contributed by atoms with E-state index in [2.05, 4.69) is 10.4 Å². The minimum absolute atomic E-state index is 0.132. The van der Waals surface area contributed by atoms with Crippen molar-refractivity contribution in [3.8, 4) is 0 Å². The first-order valence-corrected chi connectivity index (χ1v) is 5.96. The van der Waals surface area contributed by atoms with Crippen molar-refractivity contribution in [1.29, 1.82) is 0 Å². The Kier molecular flexibility index (Phi) is 3.50. The van der Waals surface area contributed by atoms with Crippen LogP contribution in [0.3, 0.4) is 0 Å². The number of aromatic nitrogens is 2. The van der Waals surface area contributed by atoms with Crippen LogP contribution < -0.4 is 5.32 Å². The summed E-state index contributed by atoms with van der Waals surface area (Å²) in [5.74, 6) is 0. The first kappa shape index (κ1) is 13.1. The third kappa shape index (κ3) is 2.73. The first-order valence-electron chi connectivity index (χ1n) is 5.96. The monoisotopic (exact) mass is 260 g/mol. The van der Waals surface area contributed by atoms with E-state index in [4.69, 9.17) is 0 Å². The Morgan fingerprint density at radius 2 is 2.16 bits per heavy atom. The maximum absolute atomic E-state index is 10.9. The van der Waals surface area contributed by atoms with Gasteiger partial charge < -0.3 is 5.32 Å². The average Bonchev–Trinajstić information content (AvgIpc) is 2.66. The zero-order chi connectivity index (χ0) is 14.0. The Labute approximate surface area is 111 Å². The van der Waals surface area contributed by atoms with Gasteiger partial charge in [-0.05, 0) is 19.9 Å². The zero-order valence-electron chi connectivity index (χ0n) is 11.2. The van der Waals surface area contributed by atoms with Crippen LogP contribution in [-0.4, -0.2) is 14.7 Å². The lowest BCUT2D eigenvalue weighted by Crippen LogP contribution is -2.03. The van der Waals surface area contributed by atoms with Gasteiger partial charge in [0.1, 0.15) is 0 Å². The van der Waals surface area contributed by atoms with E-state index in [9.17, 15) is 10.1 Å². The van der Waals surface area contributed by atoms with E-state index in [0.29, 0.717) is 12.1 Å². The Balaban J connectivity index is 2.18. The molecule has 6 nitrogen and oxygen atoms in total. The van der Waals surface area contributed by atoms with Gasteiger partial charge in [0.2, 0.25) is 0 Å². The van der Waals surface area contributed by atoms with Gasteiger partial charge in [0.05, 0.1) is 10.6 Å². The number of benzene rings is 1. The summed E-state index contributed by atoms with van der Waals surface area (Å²) in [6.45, 7) is 4.29. The summed E-state index contributed by atoms with van der Waals surface area (Å²) >= 11 is 0. The number of nitrogens with one attached hydrogen (secondary N) is 1. The van der Waals surface area contributed by atoms with Crippen LogP contribution >= 0.6 is 0 Å². The largest absolute Gasteiger partial charge is 0.380 e. The lowest BCUT2D eigenvalue weighted by atomic mass is 10.1. The molecular formula is C13H16N4O2. The Morgan fingerprint density at radius 3 is 2.74 bits per heavy atom. The number of aryl methyl sites for hydroxylation is 2. The number of anilines is 1. The summed E-state index contributed by atoms with van der Waals surface area (Å²) in [6.07, 6.45) is 1.94. The molecule has 1 heterocycles. The van der Waals surface area contributed by atoms with E-state index < -0.39 is 0 Å². The molecule has 6 heteroatoms. The molecule has 0 amide bonds. The van der Waals surface area contributed by atoms with Crippen LogP contribution in [0.15, 0.2) is 24.4 Å². The minimum Gasteiger partial charge on any atom is -0.380 e. The van der Waals surface area contributed by atoms with Gasteiger partial charge in [-0.2, -0.15) is 5.10 Å². The lowest BCUT2D eigenvalue weighted by molar-refractivity contribution is -0.385. The highest BCUT2D eigenvalue weighted by Gasteiger charge is 2.13. The van der Waals surface area contributed by atoms with Crippen molar-refractivity contribution < 1.29 is 4.92 Å². The quantitative estimate of drug-likeness (QED) is 0.677. The molecule has 0 spiro atoms. The highest BCUT2D eigenvalue weighted by molar-refractivity contribution is 5.59. The molecule has 0 atom stereocenters. The molecule has 0 unspecified atom stereocenters. The number of nitro groups is 1.